The van der Waals surface area contributed by atoms with E-state index in [0.29, 0.717) is 28.6 Å². The number of halogens is 1. The molecule has 4 nitrogen and oxygen atoms in total. The zero-order valence-electron chi connectivity index (χ0n) is 11.9. The van der Waals surface area contributed by atoms with Gasteiger partial charge in [-0.05, 0) is 31.2 Å². The van der Waals surface area contributed by atoms with Gasteiger partial charge in [0.15, 0.2) is 17.1 Å². The first-order chi connectivity index (χ1) is 10.7. The van der Waals surface area contributed by atoms with Crippen molar-refractivity contribution in [2.24, 2.45) is 0 Å². The number of hydrogen-bond donors (Lipinski definition) is 1. The maximum atomic E-state index is 12.3. The van der Waals surface area contributed by atoms with Crippen LogP contribution < -0.4 is 10.1 Å². The highest BCUT2D eigenvalue weighted by Crippen LogP contribution is 2.29. The second kappa shape index (κ2) is 6.12. The monoisotopic (exact) mass is 315 g/mol. The summed E-state index contributed by atoms with van der Waals surface area (Å²) in [6.07, 6.45) is 0. The quantitative estimate of drug-likeness (QED) is 0.756. The molecule has 0 aliphatic heterocycles. The zero-order chi connectivity index (χ0) is 15.5. The van der Waals surface area contributed by atoms with Crippen LogP contribution in [0.15, 0.2) is 52.9 Å². The average Bonchev–Trinajstić information content (AvgIpc) is 2.95. The highest BCUT2D eigenvalue weighted by molar-refractivity contribution is 6.33. The third-order valence-corrected chi connectivity index (χ3v) is 3.48. The Bertz CT molecular complexity index is 826. The smallest absolute Gasteiger partial charge is 0.291 e. The second-order valence-corrected chi connectivity index (χ2v) is 5.06. The van der Waals surface area contributed by atoms with E-state index >= 15 is 0 Å². The van der Waals surface area contributed by atoms with E-state index in [2.05, 4.69) is 5.32 Å². The minimum absolute atomic E-state index is 0.210. The van der Waals surface area contributed by atoms with Crippen molar-refractivity contribution in [2.45, 2.75) is 6.92 Å². The van der Waals surface area contributed by atoms with Gasteiger partial charge in [0.25, 0.3) is 5.91 Å². The average molecular weight is 316 g/mol. The number of nitrogens with one attached hydrogen (secondary N) is 1. The van der Waals surface area contributed by atoms with Crippen molar-refractivity contribution in [1.82, 2.24) is 0 Å². The lowest BCUT2D eigenvalue weighted by molar-refractivity contribution is 0.0998. The van der Waals surface area contributed by atoms with Crippen molar-refractivity contribution in [3.8, 4) is 5.75 Å². The summed E-state index contributed by atoms with van der Waals surface area (Å²) in [7, 11) is 0. The van der Waals surface area contributed by atoms with Crippen molar-refractivity contribution in [3.63, 3.8) is 0 Å². The molecule has 0 fully saturated rings. The van der Waals surface area contributed by atoms with Gasteiger partial charge in [0.2, 0.25) is 0 Å². The summed E-state index contributed by atoms with van der Waals surface area (Å²) in [6.45, 7) is 2.42. The van der Waals surface area contributed by atoms with E-state index in [0.717, 1.165) is 5.39 Å². The van der Waals surface area contributed by atoms with Gasteiger partial charge in [-0.2, -0.15) is 0 Å². The van der Waals surface area contributed by atoms with Crippen LogP contribution in [0.5, 0.6) is 5.75 Å². The molecule has 22 heavy (non-hydrogen) atoms. The Labute approximate surface area is 132 Å². The Kier molecular flexibility index (Phi) is 4.02. The van der Waals surface area contributed by atoms with Gasteiger partial charge < -0.3 is 14.5 Å². The molecule has 0 aliphatic rings. The highest BCUT2D eigenvalue weighted by Gasteiger charge is 2.15. The molecule has 1 N–H and O–H groups in total. The number of rotatable bonds is 4. The van der Waals surface area contributed by atoms with E-state index in [1.165, 1.54) is 0 Å². The molecule has 0 saturated heterocycles. The van der Waals surface area contributed by atoms with E-state index in [-0.39, 0.29) is 11.7 Å². The number of carbonyl (C=O) groups is 1. The molecule has 1 amide bonds. The van der Waals surface area contributed by atoms with Crippen LogP contribution in [-0.4, -0.2) is 12.5 Å². The summed E-state index contributed by atoms with van der Waals surface area (Å²) in [6, 6.07) is 14.3. The van der Waals surface area contributed by atoms with Crippen molar-refractivity contribution < 1.29 is 13.9 Å². The summed E-state index contributed by atoms with van der Waals surface area (Å²) in [5.74, 6) is 0.477. The first-order valence-electron chi connectivity index (χ1n) is 6.90. The fourth-order valence-corrected chi connectivity index (χ4v) is 2.35. The number of carbonyl (C=O) groups excluding carboxylic acids is 1. The second-order valence-electron chi connectivity index (χ2n) is 4.65. The van der Waals surface area contributed by atoms with Gasteiger partial charge in [-0.15, -0.1) is 0 Å². The molecule has 0 saturated carbocycles. The molecule has 0 spiro atoms. The molecule has 0 radical (unpaired) electrons. The molecule has 0 atom stereocenters. The highest BCUT2D eigenvalue weighted by atomic mass is 35.5. The number of ether oxygens (including phenoxy) is 1. The van der Waals surface area contributed by atoms with Crippen LogP contribution in [0.3, 0.4) is 0 Å². The molecule has 1 heterocycles. The molecule has 2 aromatic carbocycles. The molecule has 1 aromatic heterocycles. The number of anilines is 1. The summed E-state index contributed by atoms with van der Waals surface area (Å²) < 4.78 is 11.1. The van der Waals surface area contributed by atoms with Crippen LogP contribution in [0.25, 0.3) is 11.0 Å². The lowest BCUT2D eigenvalue weighted by Gasteiger charge is -2.04. The summed E-state index contributed by atoms with van der Waals surface area (Å²) in [5.41, 5.74) is 1.10. The van der Waals surface area contributed by atoms with E-state index in [1.807, 2.05) is 25.1 Å². The Morgan fingerprint density at radius 2 is 2.05 bits per heavy atom. The summed E-state index contributed by atoms with van der Waals surface area (Å²) in [4.78, 5) is 12.3. The molecule has 0 bridgehead atoms. The largest absolute Gasteiger partial charge is 0.490 e. The molecule has 5 heteroatoms. The predicted molar refractivity (Wildman–Crippen MR) is 86.8 cm³/mol. The molecular formula is C17H14ClNO3. The standard InChI is InChI=1S/C17H14ClNO3/c1-2-21-14-9-5-6-11-10-15(22-16(11)14)17(20)19-13-8-4-3-7-12(13)18/h3-10H,2H2,1H3,(H,19,20). The van der Waals surface area contributed by atoms with E-state index in [1.54, 1.807) is 30.3 Å². The minimum atomic E-state index is -0.355. The fraction of sp³-hybridized carbons (Fsp3) is 0.118. The van der Waals surface area contributed by atoms with Crippen molar-refractivity contribution in [2.75, 3.05) is 11.9 Å². The molecule has 112 valence electrons. The topological polar surface area (TPSA) is 51.5 Å². The third kappa shape index (κ3) is 2.78. The van der Waals surface area contributed by atoms with Crippen molar-refractivity contribution >= 4 is 34.2 Å². The SMILES string of the molecule is CCOc1cccc2cc(C(=O)Nc3ccccc3Cl)oc12. The Morgan fingerprint density at radius 1 is 1.23 bits per heavy atom. The van der Waals surface area contributed by atoms with Gasteiger partial charge in [-0.1, -0.05) is 35.9 Å². The molecule has 3 rings (SSSR count). The van der Waals surface area contributed by atoms with E-state index < -0.39 is 0 Å². The maximum Gasteiger partial charge on any atom is 0.291 e. The van der Waals surface area contributed by atoms with Gasteiger partial charge in [0.05, 0.1) is 17.3 Å². The number of amides is 1. The van der Waals surface area contributed by atoms with Gasteiger partial charge in [0, 0.05) is 5.39 Å². The Morgan fingerprint density at radius 3 is 2.82 bits per heavy atom. The third-order valence-electron chi connectivity index (χ3n) is 3.15. The van der Waals surface area contributed by atoms with Gasteiger partial charge in [-0.3, -0.25) is 4.79 Å². The number of hydrogen-bond acceptors (Lipinski definition) is 3. The van der Waals surface area contributed by atoms with Crippen LogP contribution >= 0.6 is 11.6 Å². The maximum absolute atomic E-state index is 12.3. The van der Waals surface area contributed by atoms with Gasteiger partial charge in [0.1, 0.15) is 0 Å². The summed E-state index contributed by atoms with van der Waals surface area (Å²) >= 11 is 6.04. The first kappa shape index (κ1) is 14.5. The molecule has 0 aliphatic carbocycles. The minimum Gasteiger partial charge on any atom is -0.490 e. The van der Waals surface area contributed by atoms with Crippen LogP contribution in [0.4, 0.5) is 5.69 Å². The Hall–Kier alpha value is -2.46. The zero-order valence-corrected chi connectivity index (χ0v) is 12.7. The van der Waals surface area contributed by atoms with Crippen molar-refractivity contribution in [1.29, 1.82) is 0 Å². The fourth-order valence-electron chi connectivity index (χ4n) is 2.16. The lowest BCUT2D eigenvalue weighted by atomic mass is 10.2. The molecule has 3 aromatic rings. The predicted octanol–water partition coefficient (Wildman–Crippen LogP) is 4.74. The van der Waals surface area contributed by atoms with E-state index in [9.17, 15) is 4.79 Å². The van der Waals surface area contributed by atoms with Crippen LogP contribution in [0.1, 0.15) is 17.5 Å². The number of para-hydroxylation sites is 2. The molecule has 0 unspecified atom stereocenters. The van der Waals surface area contributed by atoms with Crippen LogP contribution in [-0.2, 0) is 0 Å². The number of benzene rings is 2. The summed E-state index contributed by atoms with van der Waals surface area (Å²) in [5, 5.41) is 4.02. The Balaban J connectivity index is 1.91. The normalized spacial score (nSPS) is 10.6. The van der Waals surface area contributed by atoms with Crippen molar-refractivity contribution in [3.05, 3.63) is 59.3 Å². The van der Waals surface area contributed by atoms with Crippen LogP contribution in [0.2, 0.25) is 5.02 Å². The van der Waals surface area contributed by atoms with Gasteiger partial charge in [-0.25, -0.2) is 0 Å². The first-order valence-corrected chi connectivity index (χ1v) is 7.28. The number of furan rings is 1. The lowest BCUT2D eigenvalue weighted by Crippen LogP contribution is -2.11. The van der Waals surface area contributed by atoms with Crippen LogP contribution in [0, 0.1) is 0 Å². The van der Waals surface area contributed by atoms with Gasteiger partial charge >= 0.3 is 0 Å². The molecular weight excluding hydrogens is 302 g/mol. The number of fused-ring (bicyclic) bond motifs is 1. The van der Waals surface area contributed by atoms with E-state index in [4.69, 9.17) is 20.8 Å².